The summed E-state index contributed by atoms with van der Waals surface area (Å²) in [7, 11) is 0. The van der Waals surface area contributed by atoms with Crippen molar-refractivity contribution in [3.63, 3.8) is 0 Å². The second-order valence-corrected chi connectivity index (χ2v) is 5.15. The first kappa shape index (κ1) is 10.1. The molecule has 0 amide bonds. The minimum absolute atomic E-state index is 0.574. The smallest absolute Gasteiger partial charge is 0.0485 e. The van der Waals surface area contributed by atoms with E-state index >= 15 is 0 Å². The molecule has 0 aliphatic carbocycles. The molecule has 3 heteroatoms. The van der Waals surface area contributed by atoms with E-state index in [1.54, 1.807) is 11.3 Å². The number of thiophene rings is 1. The summed E-state index contributed by atoms with van der Waals surface area (Å²) in [4.78, 5) is 0. The summed E-state index contributed by atoms with van der Waals surface area (Å²) in [5, 5.41) is 7.06. The van der Waals surface area contributed by atoms with Gasteiger partial charge in [0.1, 0.15) is 0 Å². The molecule has 0 saturated carbocycles. The van der Waals surface area contributed by atoms with Gasteiger partial charge in [-0.1, -0.05) is 0 Å². The van der Waals surface area contributed by atoms with Crippen molar-refractivity contribution in [1.29, 1.82) is 0 Å². The van der Waals surface area contributed by atoms with Gasteiger partial charge in [0.15, 0.2) is 0 Å². The lowest BCUT2D eigenvalue weighted by molar-refractivity contribution is 0.0904. The summed E-state index contributed by atoms with van der Waals surface area (Å²) >= 11 is 1.79. The van der Waals surface area contributed by atoms with E-state index in [1.807, 2.05) is 0 Å². The Balaban J connectivity index is 1.77. The highest BCUT2D eigenvalue weighted by Crippen LogP contribution is 2.25. The lowest BCUT2D eigenvalue weighted by Gasteiger charge is -2.24. The molecular formula is C13H15NOS. The van der Waals surface area contributed by atoms with E-state index in [9.17, 15) is 0 Å². The van der Waals surface area contributed by atoms with Crippen LogP contribution in [0.25, 0.3) is 10.1 Å². The van der Waals surface area contributed by atoms with Crippen LogP contribution < -0.4 is 5.32 Å². The monoisotopic (exact) mass is 233 g/mol. The molecule has 16 heavy (non-hydrogen) atoms. The van der Waals surface area contributed by atoms with Gasteiger partial charge in [-0.25, -0.2) is 0 Å². The summed E-state index contributed by atoms with van der Waals surface area (Å²) < 4.78 is 6.72. The van der Waals surface area contributed by atoms with Crippen molar-refractivity contribution in [3.05, 3.63) is 29.6 Å². The summed E-state index contributed by atoms with van der Waals surface area (Å²) in [5.74, 6) is 0. The van der Waals surface area contributed by atoms with E-state index in [2.05, 4.69) is 35.0 Å². The van der Waals surface area contributed by atoms with E-state index in [0.29, 0.717) is 6.04 Å². The zero-order chi connectivity index (χ0) is 10.8. The molecular weight excluding hydrogens is 218 g/mol. The normalized spacial score (nSPS) is 17.8. The highest BCUT2D eigenvalue weighted by atomic mass is 32.1. The lowest BCUT2D eigenvalue weighted by Crippen LogP contribution is -2.27. The topological polar surface area (TPSA) is 21.3 Å². The summed E-state index contributed by atoms with van der Waals surface area (Å²) in [6.45, 7) is 1.77. The van der Waals surface area contributed by atoms with Crippen LogP contribution in [0.1, 0.15) is 12.8 Å². The molecule has 0 atom stereocenters. The van der Waals surface area contributed by atoms with Crippen LogP contribution >= 0.6 is 11.3 Å². The molecule has 0 bridgehead atoms. The third-order valence-electron chi connectivity index (χ3n) is 3.04. The second-order valence-electron chi connectivity index (χ2n) is 4.20. The minimum Gasteiger partial charge on any atom is -0.382 e. The lowest BCUT2D eigenvalue weighted by atomic mass is 10.1. The number of ether oxygens (including phenoxy) is 1. The molecule has 2 heterocycles. The molecule has 1 N–H and O–H groups in total. The highest BCUT2D eigenvalue weighted by molar-refractivity contribution is 7.17. The first-order valence-electron chi connectivity index (χ1n) is 5.73. The Morgan fingerprint density at radius 2 is 2.06 bits per heavy atom. The van der Waals surface area contributed by atoms with Crippen molar-refractivity contribution in [3.8, 4) is 0 Å². The highest BCUT2D eigenvalue weighted by Gasteiger charge is 2.13. The number of hydrogen-bond donors (Lipinski definition) is 1. The Bertz CT molecular complexity index is 473. The van der Waals surface area contributed by atoms with Crippen LogP contribution in [0.3, 0.4) is 0 Å². The van der Waals surface area contributed by atoms with Crippen LogP contribution in [-0.2, 0) is 4.74 Å². The van der Waals surface area contributed by atoms with Gasteiger partial charge in [0.2, 0.25) is 0 Å². The molecule has 3 rings (SSSR count). The molecule has 1 saturated heterocycles. The van der Waals surface area contributed by atoms with Gasteiger partial charge in [0.25, 0.3) is 0 Å². The van der Waals surface area contributed by atoms with Crippen LogP contribution in [0.2, 0.25) is 0 Å². The minimum atomic E-state index is 0.574. The number of nitrogens with one attached hydrogen (secondary N) is 1. The van der Waals surface area contributed by atoms with Gasteiger partial charge in [0.05, 0.1) is 0 Å². The maximum Gasteiger partial charge on any atom is 0.0485 e. The Morgan fingerprint density at radius 3 is 2.94 bits per heavy atom. The van der Waals surface area contributed by atoms with Gasteiger partial charge in [0, 0.05) is 29.6 Å². The molecule has 2 nitrogen and oxygen atoms in total. The summed E-state index contributed by atoms with van der Waals surface area (Å²) in [5.41, 5.74) is 1.23. The van der Waals surface area contributed by atoms with Crippen LogP contribution in [0.15, 0.2) is 29.6 Å². The fourth-order valence-corrected chi connectivity index (χ4v) is 2.90. The van der Waals surface area contributed by atoms with Crippen LogP contribution in [0.4, 0.5) is 5.69 Å². The van der Waals surface area contributed by atoms with Crippen LogP contribution in [-0.4, -0.2) is 19.3 Å². The first-order chi connectivity index (χ1) is 7.92. The van der Waals surface area contributed by atoms with Gasteiger partial charge in [-0.2, -0.15) is 0 Å². The molecule has 1 fully saturated rings. The van der Waals surface area contributed by atoms with E-state index in [1.165, 1.54) is 15.8 Å². The Kier molecular flexibility index (Phi) is 2.80. The van der Waals surface area contributed by atoms with Crippen molar-refractivity contribution in [1.82, 2.24) is 0 Å². The van der Waals surface area contributed by atoms with Crippen LogP contribution in [0, 0.1) is 0 Å². The quantitative estimate of drug-likeness (QED) is 0.857. The van der Waals surface area contributed by atoms with E-state index in [0.717, 1.165) is 26.1 Å². The zero-order valence-electron chi connectivity index (χ0n) is 9.11. The number of fused-ring (bicyclic) bond motifs is 1. The number of hydrogen-bond acceptors (Lipinski definition) is 3. The predicted octanol–water partition coefficient (Wildman–Crippen LogP) is 3.49. The molecule has 2 aromatic rings. The predicted molar refractivity (Wildman–Crippen MR) is 69.3 cm³/mol. The van der Waals surface area contributed by atoms with Gasteiger partial charge in [-0.15, -0.1) is 11.3 Å². The van der Waals surface area contributed by atoms with Crippen LogP contribution in [0.5, 0.6) is 0 Å². The van der Waals surface area contributed by atoms with Crippen molar-refractivity contribution >= 4 is 27.1 Å². The maximum atomic E-state index is 5.36. The third-order valence-corrected chi connectivity index (χ3v) is 3.94. The van der Waals surface area contributed by atoms with Gasteiger partial charge in [-0.05, 0) is 47.9 Å². The molecule has 84 valence electrons. The number of anilines is 1. The van der Waals surface area contributed by atoms with Crippen molar-refractivity contribution in [2.24, 2.45) is 0 Å². The van der Waals surface area contributed by atoms with E-state index < -0.39 is 0 Å². The van der Waals surface area contributed by atoms with Crippen molar-refractivity contribution < 1.29 is 4.74 Å². The number of rotatable bonds is 2. The largest absolute Gasteiger partial charge is 0.382 e. The van der Waals surface area contributed by atoms with E-state index in [-0.39, 0.29) is 0 Å². The Hall–Kier alpha value is -1.06. The van der Waals surface area contributed by atoms with E-state index in [4.69, 9.17) is 4.74 Å². The van der Waals surface area contributed by atoms with Gasteiger partial charge in [-0.3, -0.25) is 0 Å². The molecule has 0 unspecified atom stereocenters. The molecule has 1 aliphatic heterocycles. The van der Waals surface area contributed by atoms with Crippen molar-refractivity contribution in [2.45, 2.75) is 18.9 Å². The molecule has 0 radical (unpaired) electrons. The number of benzene rings is 1. The van der Waals surface area contributed by atoms with Gasteiger partial charge < -0.3 is 10.1 Å². The van der Waals surface area contributed by atoms with Gasteiger partial charge >= 0.3 is 0 Å². The third kappa shape index (κ3) is 2.06. The summed E-state index contributed by atoms with van der Waals surface area (Å²) in [6, 6.07) is 9.36. The standard InChI is InChI=1S/C13H15NOS/c1-2-13-10(5-8-16-13)9-12(1)14-11-3-6-15-7-4-11/h1-2,5,8-9,11,14H,3-4,6-7H2. The Labute approximate surface area is 99.2 Å². The summed E-state index contributed by atoms with van der Waals surface area (Å²) in [6.07, 6.45) is 2.23. The SMILES string of the molecule is c1cc2cc(NC3CCOCC3)ccc2s1. The molecule has 0 spiro atoms. The fraction of sp³-hybridized carbons (Fsp3) is 0.385. The average Bonchev–Trinajstić information content (AvgIpc) is 2.77. The Morgan fingerprint density at radius 1 is 1.19 bits per heavy atom. The average molecular weight is 233 g/mol. The molecule has 1 aromatic carbocycles. The fourth-order valence-electron chi connectivity index (χ4n) is 2.13. The molecule has 1 aliphatic rings. The molecule has 1 aromatic heterocycles. The van der Waals surface area contributed by atoms with Crippen molar-refractivity contribution in [2.75, 3.05) is 18.5 Å². The zero-order valence-corrected chi connectivity index (χ0v) is 9.93. The maximum absolute atomic E-state index is 5.36. The first-order valence-corrected chi connectivity index (χ1v) is 6.61. The second kappa shape index (κ2) is 4.44.